The molecule has 1 heterocycles. The van der Waals surface area contributed by atoms with Gasteiger partial charge < -0.3 is 29.5 Å². The summed E-state index contributed by atoms with van der Waals surface area (Å²) in [6.07, 6.45) is 1.47. The monoisotopic (exact) mass is 491 g/mol. The zero-order valence-corrected chi connectivity index (χ0v) is 21.0. The molecule has 0 aromatic carbocycles. The fourth-order valence-corrected chi connectivity index (χ4v) is 10.3. The Bertz CT molecular complexity index is 1000. The molecule has 35 heavy (non-hydrogen) atoms. The molecule has 13 atom stereocenters. The predicted octanol–water partition coefficient (Wildman–Crippen LogP) is 0.254. The number of likely N-dealkylation sites (tertiary alicyclic amines) is 1. The summed E-state index contributed by atoms with van der Waals surface area (Å²) < 4.78 is 17.7. The molecule has 3 N–H and O–H groups in total. The number of aliphatic hydroxyl groups excluding tert-OH is 1. The van der Waals surface area contributed by atoms with Gasteiger partial charge in [-0.05, 0) is 18.9 Å². The van der Waals surface area contributed by atoms with Crippen molar-refractivity contribution >= 4 is 11.9 Å². The van der Waals surface area contributed by atoms with E-state index >= 15 is 0 Å². The minimum atomic E-state index is -1.89. The van der Waals surface area contributed by atoms with Crippen molar-refractivity contribution in [3.63, 3.8) is 0 Å². The lowest BCUT2D eigenvalue weighted by atomic mass is 9.44. The van der Waals surface area contributed by atoms with Crippen LogP contribution in [0.5, 0.6) is 0 Å². The number of rotatable bonds is 4. The first-order valence-electron chi connectivity index (χ1n) is 12.8. The highest BCUT2D eigenvalue weighted by atomic mass is 16.6. The lowest BCUT2D eigenvalue weighted by Crippen LogP contribution is -2.81. The zero-order valence-electron chi connectivity index (χ0n) is 21.0. The van der Waals surface area contributed by atoms with Crippen molar-refractivity contribution in [2.45, 2.75) is 82.2 Å². The van der Waals surface area contributed by atoms with Gasteiger partial charge >= 0.3 is 11.9 Å². The maximum absolute atomic E-state index is 12.9. The first kappa shape index (κ1) is 23.9. The molecular weight excluding hydrogens is 454 g/mol. The lowest BCUT2D eigenvalue weighted by Gasteiger charge is -2.68. The number of carbonyl (C=O) groups is 2. The van der Waals surface area contributed by atoms with Crippen LogP contribution >= 0.6 is 0 Å². The second-order valence-electron chi connectivity index (χ2n) is 12.1. The average Bonchev–Trinajstić information content (AvgIpc) is 3.17. The molecule has 0 unspecified atom stereocenters. The van der Waals surface area contributed by atoms with E-state index in [1.165, 1.54) is 13.8 Å². The molecule has 1 saturated heterocycles. The van der Waals surface area contributed by atoms with Crippen molar-refractivity contribution in [3.05, 3.63) is 12.2 Å². The van der Waals surface area contributed by atoms with Crippen LogP contribution in [0.15, 0.2) is 12.2 Å². The fraction of sp³-hybridized carbons (Fsp3) is 0.846. The van der Waals surface area contributed by atoms with Crippen molar-refractivity contribution in [1.29, 1.82) is 0 Å². The van der Waals surface area contributed by atoms with Crippen LogP contribution in [0.3, 0.4) is 0 Å². The molecular formula is C26H37NO8. The minimum absolute atomic E-state index is 0.137. The number of aliphatic hydroxyl groups is 3. The van der Waals surface area contributed by atoms with Crippen LogP contribution in [0.2, 0.25) is 0 Å². The number of hydrogen-bond donors (Lipinski definition) is 3. The summed E-state index contributed by atoms with van der Waals surface area (Å²) in [4.78, 5) is 26.8. The number of hydrogen-bond acceptors (Lipinski definition) is 9. The Morgan fingerprint density at radius 2 is 1.86 bits per heavy atom. The summed E-state index contributed by atoms with van der Waals surface area (Å²) in [6.45, 7) is 7.98. The molecule has 9 nitrogen and oxygen atoms in total. The molecule has 1 spiro atoms. The van der Waals surface area contributed by atoms with E-state index in [-0.39, 0.29) is 18.3 Å². The Kier molecular flexibility index (Phi) is 4.82. The highest BCUT2D eigenvalue weighted by molar-refractivity contribution is 5.67. The van der Waals surface area contributed by atoms with Gasteiger partial charge in [-0.3, -0.25) is 14.5 Å². The van der Waals surface area contributed by atoms with Crippen LogP contribution in [0.1, 0.15) is 40.5 Å². The van der Waals surface area contributed by atoms with Gasteiger partial charge in [-0.15, -0.1) is 0 Å². The van der Waals surface area contributed by atoms with Gasteiger partial charge in [0.2, 0.25) is 0 Å². The van der Waals surface area contributed by atoms with Crippen LogP contribution in [-0.4, -0.2) is 94.0 Å². The SMILES string of the molecule is CCN1C[C@@]2(C)C=C[C@H](O)[C@@]34[C@@H]5C[C@H]6[C@H](OC(C)=O)[C@@H]5[C@](O)(C[C@@H]6OC)[C@](O)([C@@H](OC(C)=O)[C@@H]32)[C@@H]14. The quantitative estimate of drug-likeness (QED) is 0.375. The molecule has 6 rings (SSSR count). The van der Waals surface area contributed by atoms with Gasteiger partial charge in [0.25, 0.3) is 0 Å². The van der Waals surface area contributed by atoms with Crippen molar-refractivity contribution in [2.24, 2.45) is 34.5 Å². The summed E-state index contributed by atoms with van der Waals surface area (Å²) in [5.41, 5.74) is -5.03. The molecule has 7 bridgehead atoms. The molecule has 0 radical (unpaired) electrons. The highest BCUT2D eigenvalue weighted by Crippen LogP contribution is 2.79. The second kappa shape index (κ2) is 7.07. The Morgan fingerprint density at radius 1 is 1.17 bits per heavy atom. The molecule has 5 aliphatic carbocycles. The molecule has 4 saturated carbocycles. The summed E-state index contributed by atoms with van der Waals surface area (Å²) in [6, 6.07) is -0.638. The number of fused-ring (bicyclic) bond motifs is 2. The minimum Gasteiger partial charge on any atom is -0.462 e. The molecule has 1 aliphatic heterocycles. The van der Waals surface area contributed by atoms with Crippen LogP contribution < -0.4 is 0 Å². The van der Waals surface area contributed by atoms with Crippen LogP contribution in [0.4, 0.5) is 0 Å². The predicted molar refractivity (Wildman–Crippen MR) is 122 cm³/mol. The Balaban J connectivity index is 1.67. The normalized spacial score (nSPS) is 57.2. The first-order valence-corrected chi connectivity index (χ1v) is 12.8. The molecule has 6 aliphatic rings. The summed E-state index contributed by atoms with van der Waals surface area (Å²) in [5, 5.41) is 37.5. The molecule has 194 valence electrons. The number of esters is 2. The van der Waals surface area contributed by atoms with E-state index in [0.29, 0.717) is 19.5 Å². The first-order chi connectivity index (χ1) is 16.4. The van der Waals surface area contributed by atoms with Gasteiger partial charge in [-0.1, -0.05) is 26.0 Å². The van der Waals surface area contributed by atoms with Gasteiger partial charge in [0, 0.05) is 62.5 Å². The third kappa shape index (κ3) is 2.43. The third-order valence-electron chi connectivity index (χ3n) is 10.9. The summed E-state index contributed by atoms with van der Waals surface area (Å²) in [7, 11) is 1.57. The van der Waals surface area contributed by atoms with Crippen molar-refractivity contribution in [2.75, 3.05) is 20.2 Å². The van der Waals surface area contributed by atoms with E-state index in [4.69, 9.17) is 14.2 Å². The van der Waals surface area contributed by atoms with E-state index in [2.05, 4.69) is 11.8 Å². The molecule has 0 aromatic heterocycles. The van der Waals surface area contributed by atoms with Crippen molar-refractivity contribution < 1.29 is 39.1 Å². The number of piperidine rings is 1. The highest BCUT2D eigenvalue weighted by Gasteiger charge is 2.91. The summed E-state index contributed by atoms with van der Waals surface area (Å²) in [5.74, 6) is -2.45. The molecule has 5 fully saturated rings. The van der Waals surface area contributed by atoms with E-state index in [1.54, 1.807) is 7.11 Å². The van der Waals surface area contributed by atoms with Gasteiger partial charge in [-0.2, -0.15) is 0 Å². The number of likely N-dealkylation sites (N-methyl/N-ethyl adjacent to an activating group) is 1. The number of nitrogens with zero attached hydrogens (tertiary/aromatic N) is 1. The topological polar surface area (TPSA) is 126 Å². The zero-order chi connectivity index (χ0) is 25.3. The largest absolute Gasteiger partial charge is 0.462 e. The Morgan fingerprint density at radius 3 is 2.46 bits per heavy atom. The standard InChI is InChI=1S/C26H37NO8/c1-6-27-11-23(4)8-7-17(30)25-15-9-14-16(33-5)10-24(31,18(15)19(14)34-12(2)28)26(32,22(25)27)21(20(23)25)35-13(3)29/h7-8,14-22,30-32H,6,9-11H2,1-5H3/t14-,15-,16+,17+,18-,19+,20-,21+,22+,23-,24-,25+,26+/m1/s1. The third-order valence-corrected chi connectivity index (χ3v) is 10.9. The van der Waals surface area contributed by atoms with Gasteiger partial charge in [0.1, 0.15) is 23.4 Å². The van der Waals surface area contributed by atoms with Crippen molar-refractivity contribution in [1.82, 2.24) is 4.90 Å². The number of methoxy groups -OCH3 is 1. The van der Waals surface area contributed by atoms with Crippen LogP contribution in [0, 0.1) is 34.5 Å². The number of ether oxygens (including phenoxy) is 3. The van der Waals surface area contributed by atoms with Crippen molar-refractivity contribution in [3.8, 4) is 0 Å². The van der Waals surface area contributed by atoms with Crippen LogP contribution in [0.25, 0.3) is 0 Å². The Hall–Kier alpha value is -1.52. The van der Waals surface area contributed by atoms with E-state index in [0.717, 1.165) is 0 Å². The fourth-order valence-electron chi connectivity index (χ4n) is 10.3. The van der Waals surface area contributed by atoms with E-state index in [9.17, 15) is 24.9 Å². The Labute approximate surface area is 205 Å². The van der Waals surface area contributed by atoms with Gasteiger partial charge in [0.05, 0.1) is 18.2 Å². The van der Waals surface area contributed by atoms with Gasteiger partial charge in [0.15, 0.2) is 0 Å². The molecule has 0 aromatic rings. The summed E-state index contributed by atoms with van der Waals surface area (Å²) >= 11 is 0. The molecule has 0 amide bonds. The van der Waals surface area contributed by atoms with Gasteiger partial charge in [-0.25, -0.2) is 0 Å². The van der Waals surface area contributed by atoms with E-state index in [1.807, 2.05) is 19.1 Å². The molecule has 9 heteroatoms. The van der Waals surface area contributed by atoms with Crippen LogP contribution in [-0.2, 0) is 23.8 Å². The second-order valence-corrected chi connectivity index (χ2v) is 12.1. The maximum Gasteiger partial charge on any atom is 0.303 e. The average molecular weight is 492 g/mol. The maximum atomic E-state index is 12.9. The lowest BCUT2D eigenvalue weighted by molar-refractivity contribution is -0.309. The smallest absolute Gasteiger partial charge is 0.303 e. The van der Waals surface area contributed by atoms with E-state index < -0.39 is 76.3 Å². The number of carbonyl (C=O) groups excluding carboxylic acids is 2.